The maximum Gasteiger partial charge on any atom is 0.196 e. The van der Waals surface area contributed by atoms with Crippen LogP contribution in [-0.2, 0) is 6.54 Å². The van der Waals surface area contributed by atoms with E-state index in [1.54, 1.807) is 4.90 Å². The van der Waals surface area contributed by atoms with Gasteiger partial charge in [0.25, 0.3) is 0 Å². The molecule has 172 valence electrons. The Kier molecular flexibility index (Phi) is 6.60. The molecular formula is C24H23F3N4O2. The number of allylic oxidation sites excluding steroid dienone is 1. The standard InChI is InChI=1S/C24H23F3N4O2/c1-29-10-12-30(13-11-29)23-19(26)14-18-22(21(23)27)31(9-6-25)15-17(24(18)33)2-3-20(32)16-4-7-28-8-5-16/h2-5,7-8,14-15H,6,9-13H2,1H3/b3-2+. The van der Waals surface area contributed by atoms with Crippen LogP contribution in [0.15, 0.2) is 47.7 Å². The molecule has 33 heavy (non-hydrogen) atoms. The van der Waals surface area contributed by atoms with E-state index in [1.807, 2.05) is 7.05 Å². The minimum Gasteiger partial charge on any atom is -0.364 e. The molecule has 0 unspecified atom stereocenters. The highest BCUT2D eigenvalue weighted by atomic mass is 19.1. The third-order valence-corrected chi connectivity index (χ3v) is 5.78. The molecule has 3 aromatic rings. The van der Waals surface area contributed by atoms with Gasteiger partial charge in [0, 0.05) is 55.9 Å². The fraction of sp³-hybridized carbons (Fsp3) is 0.292. The van der Waals surface area contributed by atoms with Crippen molar-refractivity contribution in [2.45, 2.75) is 6.54 Å². The molecular weight excluding hydrogens is 433 g/mol. The molecule has 0 N–H and O–H groups in total. The first-order valence-corrected chi connectivity index (χ1v) is 10.6. The Morgan fingerprint density at radius 3 is 2.52 bits per heavy atom. The van der Waals surface area contributed by atoms with Crippen LogP contribution in [-0.4, -0.2) is 60.1 Å². The van der Waals surface area contributed by atoms with Gasteiger partial charge in [-0.2, -0.15) is 0 Å². The first-order chi connectivity index (χ1) is 15.9. The molecule has 9 heteroatoms. The van der Waals surface area contributed by atoms with Crippen LogP contribution in [0, 0.1) is 11.6 Å². The zero-order valence-corrected chi connectivity index (χ0v) is 18.1. The van der Waals surface area contributed by atoms with Gasteiger partial charge < -0.3 is 14.4 Å². The van der Waals surface area contributed by atoms with Crippen molar-refractivity contribution in [3.8, 4) is 0 Å². The lowest BCUT2D eigenvalue weighted by atomic mass is 10.1. The second-order valence-electron chi connectivity index (χ2n) is 7.94. The SMILES string of the molecule is CN1CCN(c2c(F)cc3c(=O)c(/C=C/C(=O)c4ccncc4)cn(CCF)c3c2F)CC1. The topological polar surface area (TPSA) is 58.4 Å². The van der Waals surface area contributed by atoms with Crippen LogP contribution in [0.5, 0.6) is 0 Å². The summed E-state index contributed by atoms with van der Waals surface area (Å²) in [6.45, 7) is 1.12. The zero-order chi connectivity index (χ0) is 23.5. The quantitative estimate of drug-likeness (QED) is 0.421. The van der Waals surface area contributed by atoms with Gasteiger partial charge in [-0.05, 0) is 37.4 Å². The number of piperazine rings is 1. The predicted molar refractivity (Wildman–Crippen MR) is 121 cm³/mol. The number of anilines is 1. The van der Waals surface area contributed by atoms with Gasteiger partial charge in [-0.15, -0.1) is 0 Å². The molecule has 0 atom stereocenters. The number of benzene rings is 1. The number of fused-ring (bicyclic) bond motifs is 1. The van der Waals surface area contributed by atoms with Crippen molar-refractivity contribution in [3.05, 3.63) is 75.9 Å². The number of hydrogen-bond acceptors (Lipinski definition) is 5. The normalized spacial score (nSPS) is 15.0. The number of alkyl halides is 1. The Morgan fingerprint density at radius 1 is 1.15 bits per heavy atom. The summed E-state index contributed by atoms with van der Waals surface area (Å²) in [7, 11) is 1.93. The van der Waals surface area contributed by atoms with Crippen molar-refractivity contribution < 1.29 is 18.0 Å². The Labute approximate surface area is 188 Å². The molecule has 1 fully saturated rings. The minimum absolute atomic E-state index is 0.0319. The zero-order valence-electron chi connectivity index (χ0n) is 18.1. The van der Waals surface area contributed by atoms with E-state index in [0.717, 1.165) is 6.07 Å². The molecule has 4 rings (SSSR count). The second kappa shape index (κ2) is 9.58. The Bertz CT molecular complexity index is 1270. The van der Waals surface area contributed by atoms with E-state index in [1.165, 1.54) is 47.4 Å². The lowest BCUT2D eigenvalue weighted by Crippen LogP contribution is -2.45. The van der Waals surface area contributed by atoms with Crippen LogP contribution < -0.4 is 10.3 Å². The third kappa shape index (κ3) is 4.54. The third-order valence-electron chi connectivity index (χ3n) is 5.78. The maximum atomic E-state index is 15.6. The van der Waals surface area contributed by atoms with Crippen LogP contribution in [0.25, 0.3) is 17.0 Å². The summed E-state index contributed by atoms with van der Waals surface area (Å²) in [5.41, 5.74) is -0.587. The van der Waals surface area contributed by atoms with Crippen LogP contribution >= 0.6 is 0 Å². The highest BCUT2D eigenvalue weighted by Crippen LogP contribution is 2.31. The van der Waals surface area contributed by atoms with Crippen molar-refractivity contribution in [2.75, 3.05) is 44.8 Å². The summed E-state index contributed by atoms with van der Waals surface area (Å²) in [6, 6.07) is 4.06. The molecule has 2 aromatic heterocycles. The van der Waals surface area contributed by atoms with Crippen molar-refractivity contribution in [3.63, 3.8) is 0 Å². The van der Waals surface area contributed by atoms with Crippen LogP contribution in [0.3, 0.4) is 0 Å². The van der Waals surface area contributed by atoms with Gasteiger partial charge in [0.2, 0.25) is 0 Å². The number of aryl methyl sites for hydroxylation is 1. The van der Waals surface area contributed by atoms with Gasteiger partial charge in [-0.1, -0.05) is 0 Å². The Morgan fingerprint density at radius 2 is 1.85 bits per heavy atom. The number of rotatable bonds is 6. The molecule has 3 heterocycles. The molecule has 1 saturated heterocycles. The lowest BCUT2D eigenvalue weighted by molar-refractivity contribution is 0.104. The van der Waals surface area contributed by atoms with E-state index in [2.05, 4.69) is 9.88 Å². The summed E-state index contributed by atoms with van der Waals surface area (Å²) in [4.78, 5) is 32.9. The fourth-order valence-corrected chi connectivity index (χ4v) is 3.98. The molecule has 1 aromatic carbocycles. The molecule has 0 radical (unpaired) electrons. The molecule has 0 amide bonds. The average molecular weight is 456 g/mol. The van der Waals surface area contributed by atoms with Crippen LogP contribution in [0.4, 0.5) is 18.9 Å². The van der Waals surface area contributed by atoms with Gasteiger partial charge in [0.05, 0.1) is 17.4 Å². The number of nitrogens with zero attached hydrogens (tertiary/aromatic N) is 4. The number of aromatic nitrogens is 2. The molecule has 0 aliphatic carbocycles. The predicted octanol–water partition coefficient (Wildman–Crippen LogP) is 3.29. The first-order valence-electron chi connectivity index (χ1n) is 10.6. The number of ketones is 1. The van der Waals surface area contributed by atoms with Crippen molar-refractivity contribution in [2.24, 2.45) is 0 Å². The minimum atomic E-state index is -0.886. The van der Waals surface area contributed by atoms with Crippen molar-refractivity contribution in [1.82, 2.24) is 14.5 Å². The van der Waals surface area contributed by atoms with E-state index in [4.69, 9.17) is 0 Å². The van der Waals surface area contributed by atoms with Gasteiger partial charge >= 0.3 is 0 Å². The van der Waals surface area contributed by atoms with Gasteiger partial charge in [0.1, 0.15) is 18.2 Å². The van der Waals surface area contributed by atoms with E-state index in [0.29, 0.717) is 31.7 Å². The summed E-state index contributed by atoms with van der Waals surface area (Å²) in [5, 5.41) is -0.199. The largest absolute Gasteiger partial charge is 0.364 e. The maximum absolute atomic E-state index is 15.6. The molecule has 0 saturated carbocycles. The van der Waals surface area contributed by atoms with Gasteiger partial charge in [-0.25, -0.2) is 13.2 Å². The first kappa shape index (κ1) is 22.7. The molecule has 6 nitrogen and oxygen atoms in total. The van der Waals surface area contributed by atoms with Crippen LogP contribution in [0.1, 0.15) is 15.9 Å². The summed E-state index contributed by atoms with van der Waals surface area (Å²) in [6.07, 6.45) is 6.71. The number of carbonyl (C=O) groups excluding carboxylic acids is 1. The molecule has 0 spiro atoms. The molecule has 1 aliphatic rings. The van der Waals surface area contributed by atoms with Crippen LogP contribution in [0.2, 0.25) is 0 Å². The van der Waals surface area contributed by atoms with Crippen molar-refractivity contribution in [1.29, 1.82) is 0 Å². The van der Waals surface area contributed by atoms with E-state index < -0.39 is 23.7 Å². The highest BCUT2D eigenvalue weighted by molar-refractivity contribution is 6.06. The second-order valence-corrected chi connectivity index (χ2v) is 7.94. The smallest absolute Gasteiger partial charge is 0.196 e. The number of pyridine rings is 2. The molecule has 0 bridgehead atoms. The summed E-state index contributed by atoms with van der Waals surface area (Å²) >= 11 is 0. The summed E-state index contributed by atoms with van der Waals surface area (Å²) < 4.78 is 45.2. The van der Waals surface area contributed by atoms with Crippen molar-refractivity contribution >= 4 is 28.4 Å². The highest BCUT2D eigenvalue weighted by Gasteiger charge is 2.25. The monoisotopic (exact) mass is 456 g/mol. The molecule has 1 aliphatic heterocycles. The Balaban J connectivity index is 1.81. The fourth-order valence-electron chi connectivity index (χ4n) is 3.98. The number of halogens is 3. The van der Waals surface area contributed by atoms with Gasteiger partial charge in [0.15, 0.2) is 17.0 Å². The van der Waals surface area contributed by atoms with Gasteiger partial charge in [-0.3, -0.25) is 14.6 Å². The number of carbonyl (C=O) groups is 1. The van der Waals surface area contributed by atoms with E-state index >= 15 is 8.78 Å². The number of hydrogen-bond donors (Lipinski definition) is 0. The van der Waals surface area contributed by atoms with E-state index in [-0.39, 0.29) is 34.5 Å². The average Bonchev–Trinajstić information content (AvgIpc) is 2.81. The van der Waals surface area contributed by atoms with E-state index in [9.17, 15) is 14.0 Å². The number of likely N-dealkylation sites (N-methyl/N-ethyl adjacent to an activating group) is 1. The lowest BCUT2D eigenvalue weighted by Gasteiger charge is -2.34. The Hall–Kier alpha value is -3.46. The summed E-state index contributed by atoms with van der Waals surface area (Å²) in [5.74, 6) is -2.09.